The second kappa shape index (κ2) is 8.36. The van der Waals surface area contributed by atoms with Gasteiger partial charge in [-0.25, -0.2) is 0 Å². The molecule has 136 valence electrons. The Morgan fingerprint density at radius 3 is 2.72 bits per heavy atom. The van der Waals surface area contributed by atoms with Gasteiger partial charge in [0, 0.05) is 41.3 Å². The van der Waals surface area contributed by atoms with Crippen LogP contribution in [0.3, 0.4) is 0 Å². The van der Waals surface area contributed by atoms with E-state index >= 15 is 0 Å². The number of benzene rings is 1. The number of hydrogen-bond acceptors (Lipinski definition) is 4. The molecule has 2 saturated heterocycles. The van der Waals surface area contributed by atoms with Crippen molar-refractivity contribution in [2.45, 2.75) is 31.3 Å². The Hall–Kier alpha value is -1.34. The third-order valence-electron chi connectivity index (χ3n) is 4.43. The van der Waals surface area contributed by atoms with Crippen molar-refractivity contribution in [1.29, 1.82) is 0 Å². The van der Waals surface area contributed by atoms with Crippen molar-refractivity contribution in [2.24, 2.45) is 0 Å². The number of morpholine rings is 1. The summed E-state index contributed by atoms with van der Waals surface area (Å²) in [4.78, 5) is 26.9. The van der Waals surface area contributed by atoms with Crippen molar-refractivity contribution in [2.75, 3.05) is 31.6 Å². The summed E-state index contributed by atoms with van der Waals surface area (Å²) < 4.78 is 5.38. The number of nitrogens with one attached hydrogen (secondary N) is 2. The number of likely N-dealkylation sites (tertiary alicyclic amines) is 1. The van der Waals surface area contributed by atoms with Crippen LogP contribution in [0.4, 0.5) is 5.69 Å². The molecule has 2 aliphatic heterocycles. The Balaban J connectivity index is 1.61. The summed E-state index contributed by atoms with van der Waals surface area (Å²) in [6, 6.07) is 4.42. The highest BCUT2D eigenvalue weighted by Gasteiger charge is 2.35. The fourth-order valence-electron chi connectivity index (χ4n) is 3.27. The maximum absolute atomic E-state index is 12.6. The molecule has 3 rings (SSSR count). The van der Waals surface area contributed by atoms with Gasteiger partial charge in [-0.1, -0.05) is 23.2 Å². The minimum atomic E-state index is -0.463. The summed E-state index contributed by atoms with van der Waals surface area (Å²) in [7, 11) is 0. The molecule has 0 radical (unpaired) electrons. The number of rotatable bonds is 4. The van der Waals surface area contributed by atoms with E-state index in [4.69, 9.17) is 27.9 Å². The Kier molecular flexibility index (Phi) is 6.17. The average molecular weight is 386 g/mol. The van der Waals surface area contributed by atoms with Gasteiger partial charge in [-0.15, -0.1) is 0 Å². The first-order valence-corrected chi connectivity index (χ1v) is 9.16. The van der Waals surface area contributed by atoms with E-state index in [2.05, 4.69) is 10.6 Å². The van der Waals surface area contributed by atoms with Gasteiger partial charge < -0.3 is 20.3 Å². The molecule has 25 heavy (non-hydrogen) atoms. The maximum Gasteiger partial charge on any atom is 0.247 e. The summed E-state index contributed by atoms with van der Waals surface area (Å²) in [5, 5.41) is 6.98. The van der Waals surface area contributed by atoms with Gasteiger partial charge in [-0.3, -0.25) is 9.59 Å². The summed E-state index contributed by atoms with van der Waals surface area (Å²) in [6.07, 6.45) is 1.81. The standard InChI is InChI=1S/C17H21Cl2N3O3/c18-11-6-12(19)8-13(7-11)21-17(24)15-2-1-4-22(15)16(23)9-14-10-25-5-3-20-14/h6-8,14-15,20H,1-5,9-10H2,(H,21,24). The SMILES string of the molecule is O=C(Nc1cc(Cl)cc(Cl)c1)C1CCCN1C(=O)CC1COCCN1. The molecule has 0 bridgehead atoms. The minimum Gasteiger partial charge on any atom is -0.378 e. The Labute approximate surface area is 156 Å². The predicted octanol–water partition coefficient (Wildman–Crippen LogP) is 2.30. The first-order chi connectivity index (χ1) is 12.0. The molecule has 0 aromatic heterocycles. The minimum absolute atomic E-state index is 0.0114. The Morgan fingerprint density at radius 2 is 2.04 bits per heavy atom. The van der Waals surface area contributed by atoms with Gasteiger partial charge in [0.1, 0.15) is 6.04 Å². The highest BCUT2D eigenvalue weighted by atomic mass is 35.5. The molecule has 6 nitrogen and oxygen atoms in total. The van der Waals surface area contributed by atoms with Crippen molar-refractivity contribution in [3.63, 3.8) is 0 Å². The zero-order valence-corrected chi connectivity index (χ0v) is 15.3. The highest BCUT2D eigenvalue weighted by molar-refractivity contribution is 6.35. The van der Waals surface area contributed by atoms with Crippen LogP contribution < -0.4 is 10.6 Å². The molecule has 2 unspecified atom stereocenters. The molecule has 0 aliphatic carbocycles. The van der Waals surface area contributed by atoms with E-state index in [9.17, 15) is 9.59 Å². The maximum atomic E-state index is 12.6. The number of nitrogens with zero attached hydrogens (tertiary/aromatic N) is 1. The van der Waals surface area contributed by atoms with Crippen LogP contribution in [0.1, 0.15) is 19.3 Å². The van der Waals surface area contributed by atoms with Gasteiger partial charge in [-0.2, -0.15) is 0 Å². The molecule has 2 aliphatic rings. The van der Waals surface area contributed by atoms with Crippen LogP contribution in [-0.2, 0) is 14.3 Å². The third kappa shape index (κ3) is 4.85. The number of carbonyl (C=O) groups is 2. The number of hydrogen-bond donors (Lipinski definition) is 2. The van der Waals surface area contributed by atoms with E-state index in [1.807, 2.05) is 0 Å². The van der Waals surface area contributed by atoms with Crippen LogP contribution in [0.25, 0.3) is 0 Å². The number of anilines is 1. The molecule has 1 aromatic carbocycles. The van der Waals surface area contributed by atoms with E-state index in [-0.39, 0.29) is 17.9 Å². The fourth-order valence-corrected chi connectivity index (χ4v) is 3.79. The van der Waals surface area contributed by atoms with Gasteiger partial charge >= 0.3 is 0 Å². The number of halogens is 2. The van der Waals surface area contributed by atoms with Crippen LogP contribution in [0.5, 0.6) is 0 Å². The zero-order valence-electron chi connectivity index (χ0n) is 13.8. The van der Waals surface area contributed by atoms with Crippen molar-refractivity contribution < 1.29 is 14.3 Å². The molecular weight excluding hydrogens is 365 g/mol. The average Bonchev–Trinajstić information content (AvgIpc) is 3.04. The van der Waals surface area contributed by atoms with E-state index < -0.39 is 6.04 Å². The van der Waals surface area contributed by atoms with Crippen molar-refractivity contribution >= 4 is 40.7 Å². The summed E-state index contributed by atoms with van der Waals surface area (Å²) in [5.74, 6) is -0.234. The second-order valence-electron chi connectivity index (χ2n) is 6.32. The lowest BCUT2D eigenvalue weighted by Crippen LogP contribution is -2.48. The van der Waals surface area contributed by atoms with Crippen LogP contribution in [0, 0.1) is 0 Å². The van der Waals surface area contributed by atoms with Crippen molar-refractivity contribution in [3.05, 3.63) is 28.2 Å². The lowest BCUT2D eigenvalue weighted by Gasteiger charge is -2.28. The van der Waals surface area contributed by atoms with Crippen molar-refractivity contribution in [1.82, 2.24) is 10.2 Å². The van der Waals surface area contributed by atoms with Crippen molar-refractivity contribution in [3.8, 4) is 0 Å². The summed E-state index contributed by atoms with van der Waals surface area (Å²) in [6.45, 7) is 2.54. The third-order valence-corrected chi connectivity index (χ3v) is 4.86. The quantitative estimate of drug-likeness (QED) is 0.833. The second-order valence-corrected chi connectivity index (χ2v) is 7.20. The van der Waals surface area contributed by atoms with Gasteiger partial charge in [0.05, 0.1) is 13.2 Å². The Morgan fingerprint density at radius 1 is 1.28 bits per heavy atom. The smallest absolute Gasteiger partial charge is 0.247 e. The van der Waals surface area contributed by atoms with Crippen LogP contribution >= 0.6 is 23.2 Å². The molecule has 2 atom stereocenters. The first-order valence-electron chi connectivity index (χ1n) is 8.40. The van der Waals surface area contributed by atoms with E-state index in [1.165, 1.54) is 0 Å². The van der Waals surface area contributed by atoms with Crippen LogP contribution in [0.15, 0.2) is 18.2 Å². The van der Waals surface area contributed by atoms with Crippen LogP contribution in [0.2, 0.25) is 10.0 Å². The van der Waals surface area contributed by atoms with E-state index in [0.29, 0.717) is 48.3 Å². The molecule has 2 heterocycles. The van der Waals surface area contributed by atoms with E-state index in [0.717, 1.165) is 13.0 Å². The fraction of sp³-hybridized carbons (Fsp3) is 0.529. The molecular formula is C17H21Cl2N3O3. The van der Waals surface area contributed by atoms with Gasteiger partial charge in [0.2, 0.25) is 11.8 Å². The van der Waals surface area contributed by atoms with Gasteiger partial charge in [0.25, 0.3) is 0 Å². The molecule has 2 fully saturated rings. The summed E-state index contributed by atoms with van der Waals surface area (Å²) >= 11 is 11.9. The van der Waals surface area contributed by atoms with E-state index in [1.54, 1.807) is 23.1 Å². The molecule has 2 N–H and O–H groups in total. The van der Waals surface area contributed by atoms with Gasteiger partial charge in [-0.05, 0) is 31.0 Å². The number of carbonyl (C=O) groups excluding carboxylic acids is 2. The molecule has 0 saturated carbocycles. The van der Waals surface area contributed by atoms with Gasteiger partial charge in [0.15, 0.2) is 0 Å². The zero-order chi connectivity index (χ0) is 17.8. The largest absolute Gasteiger partial charge is 0.378 e. The summed E-state index contributed by atoms with van der Waals surface area (Å²) in [5.41, 5.74) is 0.532. The Bertz CT molecular complexity index is 630. The lowest BCUT2D eigenvalue weighted by atomic mass is 10.1. The molecule has 2 amide bonds. The first kappa shape index (κ1) is 18.5. The topological polar surface area (TPSA) is 70.7 Å². The molecule has 0 spiro atoms. The number of amides is 2. The normalized spacial score (nSPS) is 23.5. The molecule has 1 aromatic rings. The lowest BCUT2D eigenvalue weighted by molar-refractivity contribution is -0.137. The van der Waals surface area contributed by atoms with Crippen LogP contribution in [-0.4, -0.2) is 55.1 Å². The number of ether oxygens (including phenoxy) is 1. The molecule has 8 heteroatoms. The predicted molar refractivity (Wildman–Crippen MR) is 97.1 cm³/mol. The monoisotopic (exact) mass is 385 g/mol. The highest BCUT2D eigenvalue weighted by Crippen LogP contribution is 2.25.